The molecule has 0 radical (unpaired) electrons. The van der Waals surface area contributed by atoms with Gasteiger partial charge in [-0.25, -0.2) is 22.0 Å². The molecule has 0 spiro atoms. The molecule has 5 heteroatoms. The molecule has 0 aliphatic carbocycles. The number of rotatable bonds is 3. The molecule has 11 heavy (non-hydrogen) atoms. The summed E-state index contributed by atoms with van der Waals surface area (Å²) in [7, 11) is 0. The molecule has 0 N–H and O–H groups in total. The lowest BCUT2D eigenvalue weighted by Gasteiger charge is -2.20. The highest BCUT2D eigenvalue weighted by Crippen LogP contribution is 2.33. The molecule has 0 aliphatic rings. The molecule has 1 unspecified atom stereocenters. The Morgan fingerprint density at radius 3 is 1.64 bits per heavy atom. The van der Waals surface area contributed by atoms with Crippen LogP contribution in [0.3, 0.4) is 0 Å². The van der Waals surface area contributed by atoms with Gasteiger partial charge in [0.25, 0.3) is 11.8 Å². The van der Waals surface area contributed by atoms with Crippen LogP contribution in [-0.2, 0) is 0 Å². The van der Waals surface area contributed by atoms with E-state index in [1.807, 2.05) is 0 Å². The van der Waals surface area contributed by atoms with Crippen molar-refractivity contribution in [1.82, 2.24) is 0 Å². The molecule has 0 aromatic carbocycles. The van der Waals surface area contributed by atoms with E-state index < -0.39 is 24.4 Å². The molecule has 0 bridgehead atoms. The monoisotopic (exact) mass is 176 g/mol. The first-order valence-corrected chi connectivity index (χ1v) is 3.05. The van der Waals surface area contributed by atoms with E-state index in [-0.39, 0.29) is 0 Å². The van der Waals surface area contributed by atoms with Gasteiger partial charge >= 0.3 is 0 Å². The summed E-state index contributed by atoms with van der Waals surface area (Å²) in [4.78, 5) is 0. The van der Waals surface area contributed by atoms with Gasteiger partial charge in [0.2, 0.25) is 0 Å². The lowest BCUT2D eigenvalue weighted by atomic mass is 10.1. The SMILES string of the molecule is CC(F)C(F)(F)CC(C)(F)F. The Hall–Kier alpha value is -0.350. The van der Waals surface area contributed by atoms with Crippen LogP contribution in [-0.4, -0.2) is 18.0 Å². The zero-order chi connectivity index (χ0) is 9.28. The van der Waals surface area contributed by atoms with Gasteiger partial charge in [-0.2, -0.15) is 0 Å². The minimum Gasteiger partial charge on any atom is -0.241 e. The highest BCUT2D eigenvalue weighted by Gasteiger charge is 2.44. The van der Waals surface area contributed by atoms with Crippen LogP contribution in [0.15, 0.2) is 0 Å². The van der Waals surface area contributed by atoms with Gasteiger partial charge in [0.15, 0.2) is 6.17 Å². The van der Waals surface area contributed by atoms with E-state index >= 15 is 0 Å². The second-order valence-electron chi connectivity index (χ2n) is 2.62. The zero-order valence-corrected chi connectivity index (χ0v) is 6.17. The van der Waals surface area contributed by atoms with Crippen molar-refractivity contribution in [3.05, 3.63) is 0 Å². The summed E-state index contributed by atoms with van der Waals surface area (Å²) in [6.07, 6.45) is -4.27. The van der Waals surface area contributed by atoms with Crippen molar-refractivity contribution in [2.45, 2.75) is 38.3 Å². The van der Waals surface area contributed by atoms with Crippen molar-refractivity contribution < 1.29 is 22.0 Å². The predicted octanol–water partition coefficient (Wildman–Crippen LogP) is 3.03. The number of hydrogen-bond donors (Lipinski definition) is 0. The molecule has 0 rings (SSSR count). The fraction of sp³-hybridized carbons (Fsp3) is 1.00. The van der Waals surface area contributed by atoms with E-state index in [0.29, 0.717) is 13.8 Å². The highest BCUT2D eigenvalue weighted by atomic mass is 19.3. The predicted molar refractivity (Wildman–Crippen MR) is 30.8 cm³/mol. The van der Waals surface area contributed by atoms with Crippen molar-refractivity contribution in [3.8, 4) is 0 Å². The lowest BCUT2D eigenvalue weighted by molar-refractivity contribution is -0.134. The summed E-state index contributed by atoms with van der Waals surface area (Å²) in [5, 5.41) is 0. The summed E-state index contributed by atoms with van der Waals surface area (Å²) in [5.41, 5.74) is 0. The molecule has 0 aromatic heterocycles. The first kappa shape index (κ1) is 10.7. The summed E-state index contributed by atoms with van der Waals surface area (Å²) in [6, 6.07) is 0. The Balaban J connectivity index is 4.13. The molecule has 68 valence electrons. The third kappa shape index (κ3) is 4.16. The van der Waals surface area contributed by atoms with Gasteiger partial charge in [-0.1, -0.05) is 0 Å². The smallest absolute Gasteiger partial charge is 0.241 e. The fourth-order valence-electron chi connectivity index (χ4n) is 0.554. The number of halogens is 5. The van der Waals surface area contributed by atoms with Gasteiger partial charge < -0.3 is 0 Å². The molecule has 0 saturated carbocycles. The van der Waals surface area contributed by atoms with Crippen molar-refractivity contribution >= 4 is 0 Å². The van der Waals surface area contributed by atoms with E-state index in [0.717, 1.165) is 0 Å². The third-order valence-electron chi connectivity index (χ3n) is 1.13. The number of hydrogen-bond acceptors (Lipinski definition) is 0. The molecule has 0 aromatic rings. The Labute approximate surface area is 61.4 Å². The average Bonchev–Trinajstić information content (AvgIpc) is 1.56. The van der Waals surface area contributed by atoms with Crippen LogP contribution < -0.4 is 0 Å². The largest absolute Gasteiger partial charge is 0.284 e. The van der Waals surface area contributed by atoms with Gasteiger partial charge in [0.1, 0.15) is 0 Å². The standard InChI is InChI=1S/C6H9F5/c1-4(7)6(10,11)3-5(2,8)9/h4H,3H2,1-2H3. The van der Waals surface area contributed by atoms with Crippen LogP contribution in [0.1, 0.15) is 20.3 Å². The topological polar surface area (TPSA) is 0 Å². The summed E-state index contributed by atoms with van der Waals surface area (Å²) in [5.74, 6) is -7.46. The maximum Gasteiger partial charge on any atom is 0.284 e. The minimum atomic E-state index is -3.93. The molecule has 0 aliphatic heterocycles. The van der Waals surface area contributed by atoms with Crippen molar-refractivity contribution in [2.24, 2.45) is 0 Å². The van der Waals surface area contributed by atoms with Crippen molar-refractivity contribution in [3.63, 3.8) is 0 Å². The second-order valence-corrected chi connectivity index (χ2v) is 2.62. The number of alkyl halides is 5. The molecular formula is C6H9F5. The molecule has 0 heterocycles. The minimum absolute atomic E-state index is 0.337. The normalized spacial score (nSPS) is 16.6. The summed E-state index contributed by atoms with van der Waals surface area (Å²) >= 11 is 0. The average molecular weight is 176 g/mol. The van der Waals surface area contributed by atoms with Crippen LogP contribution in [0.2, 0.25) is 0 Å². The molecule has 0 fully saturated rings. The Morgan fingerprint density at radius 1 is 1.18 bits per heavy atom. The quantitative estimate of drug-likeness (QED) is 0.580. The summed E-state index contributed by atoms with van der Waals surface area (Å²) in [6.45, 7) is 0.898. The second kappa shape index (κ2) is 2.95. The molecular weight excluding hydrogens is 167 g/mol. The Kier molecular flexibility index (Phi) is 2.85. The van der Waals surface area contributed by atoms with E-state index in [4.69, 9.17) is 0 Å². The summed E-state index contributed by atoms with van der Waals surface area (Å²) < 4.78 is 60.2. The van der Waals surface area contributed by atoms with Crippen LogP contribution >= 0.6 is 0 Å². The van der Waals surface area contributed by atoms with Crippen LogP contribution in [0.5, 0.6) is 0 Å². The highest BCUT2D eigenvalue weighted by molar-refractivity contribution is 4.78. The van der Waals surface area contributed by atoms with E-state index in [2.05, 4.69) is 0 Å². The maximum absolute atomic E-state index is 12.2. The van der Waals surface area contributed by atoms with E-state index in [1.165, 1.54) is 0 Å². The van der Waals surface area contributed by atoms with Crippen LogP contribution in [0.25, 0.3) is 0 Å². The van der Waals surface area contributed by atoms with Gasteiger partial charge in [0.05, 0.1) is 6.42 Å². The van der Waals surface area contributed by atoms with Crippen molar-refractivity contribution in [1.29, 1.82) is 0 Å². The first-order valence-electron chi connectivity index (χ1n) is 3.05. The van der Waals surface area contributed by atoms with Gasteiger partial charge in [0, 0.05) is 0 Å². The Morgan fingerprint density at radius 2 is 1.55 bits per heavy atom. The molecule has 0 saturated heterocycles. The Bertz CT molecular complexity index is 123. The zero-order valence-electron chi connectivity index (χ0n) is 6.17. The van der Waals surface area contributed by atoms with Crippen LogP contribution in [0.4, 0.5) is 22.0 Å². The molecule has 0 amide bonds. The van der Waals surface area contributed by atoms with Gasteiger partial charge in [-0.3, -0.25) is 0 Å². The fourth-order valence-corrected chi connectivity index (χ4v) is 0.554. The van der Waals surface area contributed by atoms with E-state index in [1.54, 1.807) is 0 Å². The molecule has 0 nitrogen and oxygen atoms in total. The van der Waals surface area contributed by atoms with Gasteiger partial charge in [-0.15, -0.1) is 0 Å². The first-order chi connectivity index (χ1) is 4.65. The van der Waals surface area contributed by atoms with E-state index in [9.17, 15) is 22.0 Å². The van der Waals surface area contributed by atoms with Gasteiger partial charge in [-0.05, 0) is 13.8 Å². The molecule has 1 atom stereocenters. The third-order valence-corrected chi connectivity index (χ3v) is 1.13. The van der Waals surface area contributed by atoms with Crippen molar-refractivity contribution in [2.75, 3.05) is 0 Å². The van der Waals surface area contributed by atoms with Crippen LogP contribution in [0, 0.1) is 0 Å². The lowest BCUT2D eigenvalue weighted by Crippen LogP contribution is -2.34. The maximum atomic E-state index is 12.2.